The quantitative estimate of drug-likeness (QED) is 0.195. The van der Waals surface area contributed by atoms with Gasteiger partial charge in [0.1, 0.15) is 12.2 Å². The van der Waals surface area contributed by atoms with E-state index >= 15 is 0 Å². The van der Waals surface area contributed by atoms with Gasteiger partial charge in [0.2, 0.25) is 5.88 Å². The Morgan fingerprint density at radius 1 is 0.930 bits per heavy atom. The fourth-order valence-corrected chi connectivity index (χ4v) is 4.61. The minimum Gasteiger partial charge on any atom is -0.470 e. The first-order chi connectivity index (χ1) is 20.4. The number of carbonyl (C=O) groups is 1. The number of alkyl halides is 3. The lowest BCUT2D eigenvalue weighted by Crippen LogP contribution is -2.40. The zero-order chi connectivity index (χ0) is 30.8. The van der Waals surface area contributed by atoms with Gasteiger partial charge in [-0.05, 0) is 57.9 Å². The second-order valence-electron chi connectivity index (χ2n) is 11.0. The van der Waals surface area contributed by atoms with E-state index in [4.69, 9.17) is 14.5 Å². The molecule has 0 radical (unpaired) electrons. The number of amides is 1. The number of aromatic nitrogens is 5. The van der Waals surface area contributed by atoms with Crippen LogP contribution < -0.4 is 4.74 Å². The van der Waals surface area contributed by atoms with Crippen LogP contribution in [0.2, 0.25) is 0 Å². The summed E-state index contributed by atoms with van der Waals surface area (Å²) in [7, 11) is 0. The first-order valence-corrected chi connectivity index (χ1v) is 13.7. The van der Waals surface area contributed by atoms with Crippen LogP contribution in [0.5, 0.6) is 5.88 Å². The first kappa shape index (κ1) is 29.7. The third kappa shape index (κ3) is 6.85. The summed E-state index contributed by atoms with van der Waals surface area (Å²) in [5.41, 5.74) is 1.48. The zero-order valence-corrected chi connectivity index (χ0v) is 24.2. The predicted molar refractivity (Wildman–Crippen MR) is 153 cm³/mol. The number of carbonyl (C=O) groups excluding carboxylic acids is 1. The summed E-state index contributed by atoms with van der Waals surface area (Å²) in [5, 5.41) is 12.0. The molecule has 0 aliphatic heterocycles. The van der Waals surface area contributed by atoms with Gasteiger partial charge in [0.15, 0.2) is 5.65 Å². The highest BCUT2D eigenvalue weighted by molar-refractivity contribution is 5.96. The molecule has 0 saturated carbocycles. The third-order valence-electron chi connectivity index (χ3n) is 6.68. The van der Waals surface area contributed by atoms with Gasteiger partial charge in [-0.25, -0.2) is 4.79 Å². The topological polar surface area (TPSA) is 94.7 Å². The number of pyridine rings is 1. The molecular weight excluding hydrogens is 561 g/mol. The molecule has 3 heterocycles. The van der Waals surface area contributed by atoms with Gasteiger partial charge in [0.25, 0.3) is 5.82 Å². The minimum absolute atomic E-state index is 0.0214. The summed E-state index contributed by atoms with van der Waals surface area (Å²) >= 11 is 0. The predicted octanol–water partition coefficient (Wildman–Crippen LogP) is 6.81. The Labute approximate surface area is 246 Å². The van der Waals surface area contributed by atoms with Crippen molar-refractivity contribution in [1.82, 2.24) is 29.7 Å². The minimum atomic E-state index is -4.75. The number of ether oxygens (including phenoxy) is 2. The van der Waals surface area contributed by atoms with E-state index in [0.29, 0.717) is 39.6 Å². The maximum atomic E-state index is 13.6. The Morgan fingerprint density at radius 2 is 1.63 bits per heavy atom. The van der Waals surface area contributed by atoms with Crippen molar-refractivity contribution in [2.45, 2.75) is 58.5 Å². The molecule has 0 spiro atoms. The Hall–Kier alpha value is -4.74. The standard InChI is InChI=1S/C31H31F3N6O3/c1-20(39(29(41)43-30(2,3)4)18-17-21-11-6-5-7-12-21)25-16-10-13-22(35-25)19-42-27-24-15-9-8-14-23(24)26-36-37-28(31(32,33)34)40(26)38-27/h5-16,20H,17-19H2,1-4H3/t20-/m0/s1. The van der Waals surface area contributed by atoms with E-state index in [1.165, 1.54) is 0 Å². The number of hydrogen-bond donors (Lipinski definition) is 0. The van der Waals surface area contributed by atoms with Crippen LogP contribution >= 0.6 is 0 Å². The number of rotatable bonds is 8. The zero-order valence-electron chi connectivity index (χ0n) is 24.2. The molecule has 0 fully saturated rings. The largest absolute Gasteiger partial charge is 0.470 e. The molecule has 5 rings (SSSR count). The van der Waals surface area contributed by atoms with E-state index < -0.39 is 29.7 Å². The first-order valence-electron chi connectivity index (χ1n) is 13.7. The molecule has 43 heavy (non-hydrogen) atoms. The fraction of sp³-hybridized carbons (Fsp3) is 0.323. The van der Waals surface area contributed by atoms with Gasteiger partial charge in [0, 0.05) is 17.3 Å². The lowest BCUT2D eigenvalue weighted by atomic mass is 10.1. The molecule has 224 valence electrons. The van der Waals surface area contributed by atoms with Crippen LogP contribution in [-0.4, -0.2) is 47.9 Å². The highest BCUT2D eigenvalue weighted by atomic mass is 19.4. The van der Waals surface area contributed by atoms with Crippen molar-refractivity contribution in [2.75, 3.05) is 6.54 Å². The van der Waals surface area contributed by atoms with Gasteiger partial charge >= 0.3 is 12.3 Å². The molecule has 0 unspecified atom stereocenters. The van der Waals surface area contributed by atoms with Crippen LogP contribution in [0.3, 0.4) is 0 Å². The van der Waals surface area contributed by atoms with Crippen molar-refractivity contribution >= 4 is 22.5 Å². The third-order valence-corrected chi connectivity index (χ3v) is 6.68. The summed E-state index contributed by atoms with van der Waals surface area (Å²) in [5.74, 6) is -1.27. The molecule has 0 bridgehead atoms. The van der Waals surface area contributed by atoms with Gasteiger partial charge in [-0.15, -0.1) is 15.3 Å². The summed E-state index contributed by atoms with van der Waals surface area (Å²) in [6.45, 7) is 7.63. The summed E-state index contributed by atoms with van der Waals surface area (Å²) in [4.78, 5) is 19.6. The Morgan fingerprint density at radius 3 is 2.33 bits per heavy atom. The molecule has 12 heteroatoms. The Bertz CT molecular complexity index is 1730. The molecule has 1 amide bonds. The molecule has 0 saturated heterocycles. The summed E-state index contributed by atoms with van der Waals surface area (Å²) in [6.07, 6.45) is -4.59. The molecule has 3 aromatic heterocycles. The lowest BCUT2D eigenvalue weighted by molar-refractivity contribution is -0.146. The average molecular weight is 593 g/mol. The monoisotopic (exact) mass is 592 g/mol. The van der Waals surface area contributed by atoms with Gasteiger partial charge in [-0.3, -0.25) is 9.88 Å². The highest BCUT2D eigenvalue weighted by Crippen LogP contribution is 2.32. The van der Waals surface area contributed by atoms with E-state index in [9.17, 15) is 18.0 Å². The van der Waals surface area contributed by atoms with Gasteiger partial charge in [0.05, 0.1) is 17.4 Å². The molecule has 5 aromatic rings. The second-order valence-corrected chi connectivity index (χ2v) is 11.0. The van der Waals surface area contributed by atoms with Crippen molar-refractivity contribution in [3.8, 4) is 5.88 Å². The number of halogens is 3. The summed E-state index contributed by atoms with van der Waals surface area (Å²) in [6, 6.07) is 21.5. The number of hydrogen-bond acceptors (Lipinski definition) is 7. The van der Waals surface area contributed by atoms with Crippen LogP contribution in [0.25, 0.3) is 16.4 Å². The number of fused-ring (bicyclic) bond motifs is 3. The molecule has 2 aromatic carbocycles. The van der Waals surface area contributed by atoms with Crippen molar-refractivity contribution in [3.63, 3.8) is 0 Å². The van der Waals surface area contributed by atoms with E-state index in [1.807, 2.05) is 58.0 Å². The van der Waals surface area contributed by atoms with E-state index in [2.05, 4.69) is 15.3 Å². The normalized spacial score (nSPS) is 12.8. The lowest BCUT2D eigenvalue weighted by Gasteiger charge is -2.31. The second kappa shape index (κ2) is 11.9. The molecule has 9 nitrogen and oxygen atoms in total. The van der Waals surface area contributed by atoms with Crippen LogP contribution in [0, 0.1) is 0 Å². The van der Waals surface area contributed by atoms with Crippen LogP contribution in [0.4, 0.5) is 18.0 Å². The molecule has 0 N–H and O–H groups in total. The van der Waals surface area contributed by atoms with Crippen molar-refractivity contribution in [1.29, 1.82) is 0 Å². The maximum Gasteiger partial charge on any atom is 0.453 e. The fourth-order valence-electron chi connectivity index (χ4n) is 4.61. The molecule has 0 aliphatic rings. The molecular formula is C31H31F3N6O3. The van der Waals surface area contributed by atoms with E-state index in [0.717, 1.165) is 5.56 Å². The van der Waals surface area contributed by atoms with Crippen molar-refractivity contribution < 1.29 is 27.4 Å². The molecule has 1 atom stereocenters. The van der Waals surface area contributed by atoms with Crippen molar-refractivity contribution in [2.24, 2.45) is 0 Å². The number of benzene rings is 2. The Kier molecular flexibility index (Phi) is 8.21. The van der Waals surface area contributed by atoms with Crippen molar-refractivity contribution in [3.05, 3.63) is 95.6 Å². The van der Waals surface area contributed by atoms with E-state index in [-0.39, 0.29) is 18.1 Å². The highest BCUT2D eigenvalue weighted by Gasteiger charge is 2.38. The number of nitrogens with zero attached hydrogens (tertiary/aromatic N) is 6. The maximum absolute atomic E-state index is 13.6. The van der Waals surface area contributed by atoms with Crippen LogP contribution in [0.1, 0.15) is 56.5 Å². The Balaban J connectivity index is 1.40. The van der Waals surface area contributed by atoms with E-state index in [1.54, 1.807) is 47.4 Å². The van der Waals surface area contributed by atoms with Gasteiger partial charge < -0.3 is 9.47 Å². The van der Waals surface area contributed by atoms with Gasteiger partial charge in [-0.1, -0.05) is 54.6 Å². The SMILES string of the molecule is C[C@@H](c1cccc(COc2nn3c(C(F)(F)F)nnc3c3ccccc23)n1)N(CCc1ccccc1)C(=O)OC(C)(C)C. The van der Waals surface area contributed by atoms with Crippen LogP contribution in [0.15, 0.2) is 72.8 Å². The molecule has 0 aliphatic carbocycles. The smallest absolute Gasteiger partial charge is 0.453 e. The van der Waals surface area contributed by atoms with Crippen LogP contribution in [-0.2, 0) is 23.9 Å². The summed E-state index contributed by atoms with van der Waals surface area (Å²) < 4.78 is 53.0. The average Bonchev–Trinajstić information content (AvgIpc) is 3.41. The van der Waals surface area contributed by atoms with Gasteiger partial charge in [-0.2, -0.15) is 17.7 Å².